The van der Waals surface area contributed by atoms with Crippen molar-refractivity contribution in [1.82, 2.24) is 5.32 Å². The highest BCUT2D eigenvalue weighted by Gasteiger charge is 2.12. The Morgan fingerprint density at radius 1 is 1.00 bits per heavy atom. The number of ether oxygens (including phenoxy) is 1. The molecule has 0 bridgehead atoms. The van der Waals surface area contributed by atoms with Crippen LogP contribution in [0.15, 0.2) is 48.5 Å². The van der Waals surface area contributed by atoms with Crippen molar-refractivity contribution >= 4 is 5.91 Å². The van der Waals surface area contributed by atoms with Crippen LogP contribution in [0.3, 0.4) is 0 Å². The van der Waals surface area contributed by atoms with Gasteiger partial charge in [-0.3, -0.25) is 4.79 Å². The van der Waals surface area contributed by atoms with Crippen molar-refractivity contribution in [3.63, 3.8) is 0 Å². The highest BCUT2D eigenvalue weighted by Crippen LogP contribution is 2.17. The van der Waals surface area contributed by atoms with E-state index in [4.69, 9.17) is 4.74 Å². The number of aryl methyl sites for hydroxylation is 2. The van der Waals surface area contributed by atoms with E-state index in [1.165, 1.54) is 11.1 Å². The van der Waals surface area contributed by atoms with E-state index in [2.05, 4.69) is 43.4 Å². The smallest absolute Gasteiger partial charge is 0.223 e. The maximum absolute atomic E-state index is 12.1. The molecule has 0 radical (unpaired) electrons. The zero-order valence-electron chi connectivity index (χ0n) is 14.1. The van der Waals surface area contributed by atoms with Crippen LogP contribution >= 0.6 is 0 Å². The number of nitrogens with one attached hydrogen (secondary N) is 1. The minimum atomic E-state index is 0.0181. The van der Waals surface area contributed by atoms with E-state index >= 15 is 0 Å². The van der Waals surface area contributed by atoms with E-state index in [1.54, 1.807) is 0 Å². The molecule has 0 aliphatic carbocycles. The summed E-state index contributed by atoms with van der Waals surface area (Å²) in [5.74, 6) is 0.818. The molecule has 0 fully saturated rings. The molecule has 1 atom stereocenters. The summed E-state index contributed by atoms with van der Waals surface area (Å²) < 4.78 is 5.61. The van der Waals surface area contributed by atoms with E-state index < -0.39 is 0 Å². The molecule has 2 aromatic carbocycles. The summed E-state index contributed by atoms with van der Waals surface area (Å²) in [5, 5.41) is 3.08. The van der Waals surface area contributed by atoms with Gasteiger partial charge in [0.1, 0.15) is 5.75 Å². The third kappa shape index (κ3) is 5.44. The van der Waals surface area contributed by atoms with Gasteiger partial charge in [0.25, 0.3) is 0 Å². The minimum absolute atomic E-state index is 0.0181. The van der Waals surface area contributed by atoms with Crippen molar-refractivity contribution in [3.8, 4) is 5.75 Å². The van der Waals surface area contributed by atoms with E-state index in [0.29, 0.717) is 13.0 Å². The SMILES string of the molecule is CCC(NC(=O)CCOc1ccc(C)cc1)c1ccc(C)cc1. The first-order chi connectivity index (χ1) is 11.1. The number of carbonyl (C=O) groups excluding carboxylic acids is 1. The zero-order chi connectivity index (χ0) is 16.7. The molecular weight excluding hydrogens is 286 g/mol. The van der Waals surface area contributed by atoms with Crippen LogP contribution in [-0.4, -0.2) is 12.5 Å². The molecule has 0 saturated carbocycles. The predicted molar refractivity (Wildman–Crippen MR) is 93.6 cm³/mol. The lowest BCUT2D eigenvalue weighted by Crippen LogP contribution is -2.29. The Hall–Kier alpha value is -2.29. The van der Waals surface area contributed by atoms with E-state index in [9.17, 15) is 4.79 Å². The van der Waals surface area contributed by atoms with Crippen molar-refractivity contribution in [1.29, 1.82) is 0 Å². The molecule has 1 unspecified atom stereocenters. The van der Waals surface area contributed by atoms with E-state index in [1.807, 2.05) is 31.2 Å². The van der Waals surface area contributed by atoms with Gasteiger partial charge < -0.3 is 10.1 Å². The Balaban J connectivity index is 1.80. The van der Waals surface area contributed by atoms with Crippen molar-refractivity contribution in [2.75, 3.05) is 6.61 Å². The molecule has 2 rings (SSSR count). The van der Waals surface area contributed by atoms with Crippen molar-refractivity contribution in [2.45, 2.75) is 39.7 Å². The van der Waals surface area contributed by atoms with Gasteiger partial charge in [-0.05, 0) is 38.0 Å². The van der Waals surface area contributed by atoms with Crippen molar-refractivity contribution < 1.29 is 9.53 Å². The lowest BCUT2D eigenvalue weighted by Gasteiger charge is -2.18. The number of amides is 1. The average molecular weight is 311 g/mol. The number of hydrogen-bond acceptors (Lipinski definition) is 2. The lowest BCUT2D eigenvalue weighted by molar-refractivity contribution is -0.122. The highest BCUT2D eigenvalue weighted by atomic mass is 16.5. The molecule has 1 amide bonds. The molecule has 0 aliphatic rings. The molecule has 1 N–H and O–H groups in total. The van der Waals surface area contributed by atoms with Crippen molar-refractivity contribution in [3.05, 3.63) is 65.2 Å². The second-order valence-corrected chi connectivity index (χ2v) is 5.85. The quantitative estimate of drug-likeness (QED) is 0.826. The van der Waals surface area contributed by atoms with Gasteiger partial charge in [0.2, 0.25) is 5.91 Å². The van der Waals surface area contributed by atoms with Crippen LogP contribution < -0.4 is 10.1 Å². The molecule has 2 aromatic rings. The zero-order valence-corrected chi connectivity index (χ0v) is 14.1. The van der Waals surface area contributed by atoms with Crippen LogP contribution in [-0.2, 0) is 4.79 Å². The second kappa shape index (κ2) is 8.37. The van der Waals surface area contributed by atoms with Gasteiger partial charge >= 0.3 is 0 Å². The summed E-state index contributed by atoms with van der Waals surface area (Å²) >= 11 is 0. The first-order valence-electron chi connectivity index (χ1n) is 8.14. The van der Waals surface area contributed by atoms with Crippen LogP contribution in [0.5, 0.6) is 5.75 Å². The minimum Gasteiger partial charge on any atom is -0.493 e. The molecule has 0 saturated heterocycles. The summed E-state index contributed by atoms with van der Waals surface area (Å²) in [4.78, 5) is 12.1. The molecule has 0 aromatic heterocycles. The molecule has 3 nitrogen and oxygen atoms in total. The maximum atomic E-state index is 12.1. The van der Waals surface area contributed by atoms with Gasteiger partial charge in [0, 0.05) is 0 Å². The highest BCUT2D eigenvalue weighted by molar-refractivity contribution is 5.76. The van der Waals surface area contributed by atoms with Gasteiger partial charge in [-0.25, -0.2) is 0 Å². The van der Waals surface area contributed by atoms with Crippen LogP contribution in [0, 0.1) is 13.8 Å². The Morgan fingerprint density at radius 3 is 2.13 bits per heavy atom. The van der Waals surface area contributed by atoms with Gasteiger partial charge in [-0.15, -0.1) is 0 Å². The average Bonchev–Trinajstić information content (AvgIpc) is 2.55. The Kier molecular flexibility index (Phi) is 6.21. The van der Waals surface area contributed by atoms with Crippen LogP contribution in [0.1, 0.15) is 42.5 Å². The standard InChI is InChI=1S/C20H25NO2/c1-4-19(17-9-5-15(2)6-10-17)21-20(22)13-14-23-18-11-7-16(3)8-12-18/h5-12,19H,4,13-14H2,1-3H3,(H,21,22). The third-order valence-corrected chi connectivity index (χ3v) is 3.84. The second-order valence-electron chi connectivity index (χ2n) is 5.85. The molecule has 3 heteroatoms. The Labute approximate surface area is 138 Å². The molecule has 0 heterocycles. The first kappa shape index (κ1) is 17.1. The summed E-state index contributed by atoms with van der Waals surface area (Å²) in [6.07, 6.45) is 1.23. The number of carbonyl (C=O) groups is 1. The van der Waals surface area contributed by atoms with E-state index in [0.717, 1.165) is 17.7 Å². The van der Waals surface area contributed by atoms with Crippen LogP contribution in [0.25, 0.3) is 0 Å². The topological polar surface area (TPSA) is 38.3 Å². The van der Waals surface area contributed by atoms with Gasteiger partial charge in [0.15, 0.2) is 0 Å². The predicted octanol–water partition coefficient (Wildman–Crippen LogP) is 4.34. The molecule has 0 spiro atoms. The van der Waals surface area contributed by atoms with Crippen LogP contribution in [0.4, 0.5) is 0 Å². The molecule has 23 heavy (non-hydrogen) atoms. The molecule has 122 valence electrons. The summed E-state index contributed by atoms with van der Waals surface area (Å²) in [6.45, 7) is 6.56. The van der Waals surface area contributed by atoms with E-state index in [-0.39, 0.29) is 11.9 Å². The van der Waals surface area contributed by atoms with Crippen LogP contribution in [0.2, 0.25) is 0 Å². The fourth-order valence-electron chi connectivity index (χ4n) is 2.38. The maximum Gasteiger partial charge on any atom is 0.223 e. The largest absolute Gasteiger partial charge is 0.493 e. The lowest BCUT2D eigenvalue weighted by atomic mass is 10.0. The molecule has 0 aliphatic heterocycles. The fourth-order valence-corrected chi connectivity index (χ4v) is 2.38. The Bertz CT molecular complexity index is 617. The monoisotopic (exact) mass is 311 g/mol. The molecular formula is C20H25NO2. The van der Waals surface area contributed by atoms with Gasteiger partial charge in [-0.2, -0.15) is 0 Å². The normalized spacial score (nSPS) is 11.8. The first-order valence-corrected chi connectivity index (χ1v) is 8.14. The number of benzene rings is 2. The van der Waals surface area contributed by atoms with Gasteiger partial charge in [0.05, 0.1) is 19.1 Å². The summed E-state index contributed by atoms with van der Waals surface area (Å²) in [5.41, 5.74) is 3.56. The summed E-state index contributed by atoms with van der Waals surface area (Å²) in [7, 11) is 0. The number of rotatable bonds is 7. The fraction of sp³-hybridized carbons (Fsp3) is 0.350. The summed E-state index contributed by atoms with van der Waals surface area (Å²) in [6, 6.07) is 16.2. The van der Waals surface area contributed by atoms with Gasteiger partial charge in [-0.1, -0.05) is 54.4 Å². The third-order valence-electron chi connectivity index (χ3n) is 3.84. The van der Waals surface area contributed by atoms with Crippen molar-refractivity contribution in [2.24, 2.45) is 0 Å². The number of hydrogen-bond donors (Lipinski definition) is 1. The Morgan fingerprint density at radius 2 is 1.57 bits per heavy atom.